The van der Waals surface area contributed by atoms with Crippen LogP contribution in [0.15, 0.2) is 57.9 Å². The maximum atomic E-state index is 12.6. The Morgan fingerprint density at radius 3 is 2.52 bits per heavy atom. The topological polar surface area (TPSA) is 85.1 Å². The van der Waals surface area contributed by atoms with Crippen LogP contribution < -0.4 is 4.72 Å². The van der Waals surface area contributed by atoms with Gasteiger partial charge in [0, 0.05) is 12.5 Å². The number of nitrogens with zero attached hydrogens (tertiary/aromatic N) is 2. The first-order valence-corrected chi connectivity index (χ1v) is 8.43. The highest BCUT2D eigenvalue weighted by Crippen LogP contribution is 2.23. The van der Waals surface area contributed by atoms with Crippen molar-refractivity contribution < 1.29 is 12.9 Å². The van der Waals surface area contributed by atoms with Crippen molar-refractivity contribution in [2.45, 2.75) is 18.7 Å². The first kappa shape index (κ1) is 15.2. The summed E-state index contributed by atoms with van der Waals surface area (Å²) >= 11 is 0. The third-order valence-electron chi connectivity index (χ3n) is 3.32. The molecular weight excluding hydrogens is 314 g/mol. The Labute approximate surface area is 134 Å². The van der Waals surface area contributed by atoms with Crippen LogP contribution in [0.4, 0.5) is 5.69 Å². The van der Waals surface area contributed by atoms with Crippen molar-refractivity contribution in [2.75, 3.05) is 4.72 Å². The standard InChI is InChI=1S/C16H15N3O3S/c1-11-6-3-4-9-15(11)19-23(20,21)14-8-5-7-13(10-14)16-17-12(2)22-18-16/h3-10,19H,1-2H3. The number of aryl methyl sites for hydroxylation is 2. The molecule has 0 atom stereocenters. The van der Waals surface area contributed by atoms with Crippen LogP contribution in [-0.4, -0.2) is 18.6 Å². The molecule has 2 aromatic carbocycles. The maximum absolute atomic E-state index is 12.6. The normalized spacial score (nSPS) is 11.4. The molecule has 0 aliphatic heterocycles. The zero-order chi connectivity index (χ0) is 16.4. The predicted octanol–water partition coefficient (Wildman–Crippen LogP) is 3.15. The van der Waals surface area contributed by atoms with Gasteiger partial charge in [-0.15, -0.1) is 0 Å². The van der Waals surface area contributed by atoms with Gasteiger partial charge in [0.15, 0.2) is 0 Å². The maximum Gasteiger partial charge on any atom is 0.261 e. The molecule has 1 heterocycles. The second kappa shape index (κ2) is 5.85. The molecule has 3 aromatic rings. The summed E-state index contributed by atoms with van der Waals surface area (Å²) in [6.45, 7) is 3.52. The van der Waals surface area contributed by atoms with E-state index in [0.717, 1.165) is 5.56 Å². The molecule has 1 aromatic heterocycles. The van der Waals surface area contributed by atoms with E-state index in [9.17, 15) is 8.42 Å². The van der Waals surface area contributed by atoms with Gasteiger partial charge in [-0.1, -0.05) is 35.5 Å². The van der Waals surface area contributed by atoms with Gasteiger partial charge >= 0.3 is 0 Å². The molecule has 23 heavy (non-hydrogen) atoms. The van der Waals surface area contributed by atoms with Crippen molar-refractivity contribution in [1.29, 1.82) is 0 Å². The molecule has 0 saturated heterocycles. The van der Waals surface area contributed by atoms with Crippen molar-refractivity contribution in [1.82, 2.24) is 10.1 Å². The Bertz CT molecular complexity index is 948. The van der Waals surface area contributed by atoms with E-state index in [1.165, 1.54) is 12.1 Å². The first-order valence-electron chi connectivity index (χ1n) is 6.95. The highest BCUT2D eigenvalue weighted by molar-refractivity contribution is 7.92. The minimum Gasteiger partial charge on any atom is -0.339 e. The lowest BCUT2D eigenvalue weighted by atomic mass is 10.2. The smallest absolute Gasteiger partial charge is 0.261 e. The number of sulfonamides is 1. The van der Waals surface area contributed by atoms with Gasteiger partial charge in [-0.25, -0.2) is 8.42 Å². The van der Waals surface area contributed by atoms with E-state index in [1.54, 1.807) is 31.2 Å². The fraction of sp³-hybridized carbons (Fsp3) is 0.125. The third-order valence-corrected chi connectivity index (χ3v) is 4.68. The lowest BCUT2D eigenvalue weighted by Gasteiger charge is -2.10. The monoisotopic (exact) mass is 329 g/mol. The fourth-order valence-corrected chi connectivity index (χ4v) is 3.29. The second-order valence-corrected chi connectivity index (χ2v) is 6.77. The Morgan fingerprint density at radius 2 is 1.83 bits per heavy atom. The molecule has 3 rings (SSSR count). The van der Waals surface area contributed by atoms with Crippen LogP contribution in [0, 0.1) is 13.8 Å². The summed E-state index contributed by atoms with van der Waals surface area (Å²) in [7, 11) is -3.70. The quantitative estimate of drug-likeness (QED) is 0.794. The summed E-state index contributed by atoms with van der Waals surface area (Å²) in [4.78, 5) is 4.25. The molecular formula is C16H15N3O3S. The molecule has 0 radical (unpaired) electrons. The molecule has 0 aliphatic rings. The van der Waals surface area contributed by atoms with Crippen molar-refractivity contribution in [3.8, 4) is 11.4 Å². The number of aromatic nitrogens is 2. The summed E-state index contributed by atoms with van der Waals surface area (Å²) in [5.41, 5.74) is 1.98. The molecule has 6 nitrogen and oxygen atoms in total. The molecule has 0 unspecified atom stereocenters. The van der Waals surface area contributed by atoms with Gasteiger partial charge in [-0.3, -0.25) is 4.72 Å². The number of para-hydroxylation sites is 1. The fourth-order valence-electron chi connectivity index (χ4n) is 2.11. The summed E-state index contributed by atoms with van der Waals surface area (Å²) in [5.74, 6) is 0.779. The summed E-state index contributed by atoms with van der Waals surface area (Å²) in [5, 5.41) is 3.81. The van der Waals surface area contributed by atoms with Crippen LogP contribution in [0.5, 0.6) is 0 Å². The molecule has 0 amide bonds. The van der Waals surface area contributed by atoms with Crippen LogP contribution in [0.3, 0.4) is 0 Å². The van der Waals surface area contributed by atoms with Crippen LogP contribution >= 0.6 is 0 Å². The van der Waals surface area contributed by atoms with Gasteiger partial charge < -0.3 is 4.52 Å². The summed E-state index contributed by atoms with van der Waals surface area (Å²) in [6.07, 6.45) is 0. The van der Waals surface area contributed by atoms with Gasteiger partial charge in [0.2, 0.25) is 11.7 Å². The van der Waals surface area contributed by atoms with Crippen molar-refractivity contribution in [3.63, 3.8) is 0 Å². The number of rotatable bonds is 4. The van der Waals surface area contributed by atoms with Gasteiger partial charge in [0.05, 0.1) is 10.6 Å². The average Bonchev–Trinajstić information content (AvgIpc) is 2.96. The SMILES string of the molecule is Cc1nc(-c2cccc(S(=O)(=O)Nc3ccccc3C)c2)no1. The first-order chi connectivity index (χ1) is 11.0. The van der Waals surface area contributed by atoms with E-state index in [0.29, 0.717) is 23.0 Å². The Hall–Kier alpha value is -2.67. The predicted molar refractivity (Wildman–Crippen MR) is 86.5 cm³/mol. The van der Waals surface area contributed by atoms with Crippen molar-refractivity contribution in [2.24, 2.45) is 0 Å². The number of benzene rings is 2. The van der Waals surface area contributed by atoms with E-state index in [4.69, 9.17) is 4.52 Å². The molecule has 0 aliphatic carbocycles. The van der Waals surface area contributed by atoms with E-state index in [-0.39, 0.29) is 4.90 Å². The second-order valence-electron chi connectivity index (χ2n) is 5.09. The van der Waals surface area contributed by atoms with Crippen LogP contribution in [0.25, 0.3) is 11.4 Å². The number of hydrogen-bond donors (Lipinski definition) is 1. The highest BCUT2D eigenvalue weighted by atomic mass is 32.2. The zero-order valence-electron chi connectivity index (χ0n) is 12.6. The molecule has 0 fully saturated rings. The molecule has 1 N–H and O–H groups in total. The van der Waals surface area contributed by atoms with Crippen LogP contribution in [0.2, 0.25) is 0 Å². The molecule has 0 bridgehead atoms. The van der Waals surface area contributed by atoms with E-state index < -0.39 is 10.0 Å². The Balaban J connectivity index is 1.96. The van der Waals surface area contributed by atoms with E-state index >= 15 is 0 Å². The van der Waals surface area contributed by atoms with Gasteiger partial charge in [-0.05, 0) is 30.7 Å². The number of anilines is 1. The van der Waals surface area contributed by atoms with Crippen molar-refractivity contribution >= 4 is 15.7 Å². The van der Waals surface area contributed by atoms with Crippen LogP contribution in [-0.2, 0) is 10.0 Å². The minimum absolute atomic E-state index is 0.140. The molecule has 7 heteroatoms. The Morgan fingerprint density at radius 1 is 1.04 bits per heavy atom. The van der Waals surface area contributed by atoms with Gasteiger partial charge in [-0.2, -0.15) is 4.98 Å². The van der Waals surface area contributed by atoms with E-state index in [1.807, 2.05) is 19.1 Å². The third kappa shape index (κ3) is 3.24. The average molecular weight is 329 g/mol. The van der Waals surface area contributed by atoms with Crippen molar-refractivity contribution in [3.05, 3.63) is 60.0 Å². The highest BCUT2D eigenvalue weighted by Gasteiger charge is 2.17. The number of hydrogen-bond acceptors (Lipinski definition) is 5. The Kier molecular flexibility index (Phi) is 3.87. The molecule has 0 spiro atoms. The van der Waals surface area contributed by atoms with Gasteiger partial charge in [0.25, 0.3) is 10.0 Å². The lowest BCUT2D eigenvalue weighted by Crippen LogP contribution is -2.13. The summed E-state index contributed by atoms with van der Waals surface area (Å²) in [6, 6.07) is 13.6. The minimum atomic E-state index is -3.70. The lowest BCUT2D eigenvalue weighted by molar-refractivity contribution is 0.394. The van der Waals surface area contributed by atoms with Crippen LogP contribution in [0.1, 0.15) is 11.5 Å². The van der Waals surface area contributed by atoms with E-state index in [2.05, 4.69) is 14.9 Å². The zero-order valence-corrected chi connectivity index (χ0v) is 13.5. The number of nitrogens with one attached hydrogen (secondary N) is 1. The summed E-state index contributed by atoms with van der Waals surface area (Å²) < 4.78 is 32.7. The van der Waals surface area contributed by atoms with Gasteiger partial charge in [0.1, 0.15) is 0 Å². The molecule has 118 valence electrons. The largest absolute Gasteiger partial charge is 0.339 e. The molecule has 0 saturated carbocycles.